The first-order chi connectivity index (χ1) is 16.0. The zero-order valence-corrected chi connectivity index (χ0v) is 19.3. The Kier molecular flexibility index (Phi) is 6.58. The summed E-state index contributed by atoms with van der Waals surface area (Å²) >= 11 is 0. The first-order valence-electron chi connectivity index (χ1n) is 10.2. The van der Waals surface area contributed by atoms with E-state index in [1.54, 1.807) is 18.2 Å². The second-order valence-electron chi connectivity index (χ2n) is 7.98. The maximum absolute atomic E-state index is 13.7. The van der Waals surface area contributed by atoms with Crippen LogP contribution in [-0.2, 0) is 19.6 Å². The molecule has 11 nitrogen and oxygen atoms in total. The van der Waals surface area contributed by atoms with Crippen LogP contribution in [0.2, 0.25) is 0 Å². The highest BCUT2D eigenvalue weighted by atomic mass is 32.2. The molecule has 180 valence electrons. The summed E-state index contributed by atoms with van der Waals surface area (Å²) in [5.41, 5.74) is -4.30. The van der Waals surface area contributed by atoms with E-state index in [4.69, 9.17) is 4.74 Å². The fourth-order valence-electron chi connectivity index (χ4n) is 4.39. The topological polar surface area (TPSA) is 150 Å². The van der Waals surface area contributed by atoms with Crippen molar-refractivity contribution in [2.75, 3.05) is 13.2 Å². The van der Waals surface area contributed by atoms with Crippen molar-refractivity contribution in [3.63, 3.8) is 0 Å². The highest BCUT2D eigenvalue weighted by molar-refractivity contribution is 7.89. The van der Waals surface area contributed by atoms with Gasteiger partial charge in [0, 0.05) is 23.6 Å². The number of hydrogen-bond donors (Lipinski definition) is 0. The predicted octanol–water partition coefficient (Wildman–Crippen LogP) is 3.11. The SMILES string of the molecule is C=C[C@]1(C)CN(S(=O)(=O)c2ccc([N+](=O)[O-])cc2)[C@@H](c2ccccc2)[C@]1(C(=O)OCC)[N+](=O)[O-]. The fraction of sp³-hybridized carbons (Fsp3) is 0.318. The Morgan fingerprint density at radius 1 is 1.18 bits per heavy atom. The van der Waals surface area contributed by atoms with Crippen molar-refractivity contribution in [3.05, 3.63) is 93.0 Å². The molecule has 1 saturated heterocycles. The quantitative estimate of drug-likeness (QED) is 0.237. The van der Waals surface area contributed by atoms with Crippen molar-refractivity contribution in [2.45, 2.75) is 30.3 Å². The molecule has 0 aliphatic carbocycles. The Morgan fingerprint density at radius 2 is 1.76 bits per heavy atom. The number of nitrogens with zero attached hydrogens (tertiary/aromatic N) is 3. The molecule has 2 aromatic carbocycles. The highest BCUT2D eigenvalue weighted by Gasteiger charge is 2.77. The van der Waals surface area contributed by atoms with Gasteiger partial charge in [0.2, 0.25) is 10.0 Å². The summed E-state index contributed by atoms with van der Waals surface area (Å²) in [5, 5.41) is 23.7. The third-order valence-corrected chi connectivity index (χ3v) is 7.96. The molecule has 3 atom stereocenters. The number of nitro groups is 2. The fourth-order valence-corrected chi connectivity index (χ4v) is 6.13. The minimum Gasteiger partial charge on any atom is -0.461 e. The third-order valence-electron chi connectivity index (χ3n) is 6.13. The number of sulfonamides is 1. The van der Waals surface area contributed by atoms with Gasteiger partial charge in [-0.2, -0.15) is 4.31 Å². The average Bonchev–Trinajstić information content (AvgIpc) is 3.11. The minimum absolute atomic E-state index is 0.155. The molecule has 0 unspecified atom stereocenters. The lowest BCUT2D eigenvalue weighted by Gasteiger charge is -2.34. The lowest BCUT2D eigenvalue weighted by atomic mass is 9.69. The number of carbonyl (C=O) groups is 1. The number of rotatable bonds is 8. The van der Waals surface area contributed by atoms with Crippen LogP contribution in [0.15, 0.2) is 72.1 Å². The molecular formula is C22H23N3O8S. The monoisotopic (exact) mass is 489 g/mol. The summed E-state index contributed by atoms with van der Waals surface area (Å²) in [6, 6.07) is 10.4. The second-order valence-corrected chi connectivity index (χ2v) is 9.87. The van der Waals surface area contributed by atoms with E-state index in [0.717, 1.165) is 28.6 Å². The molecule has 0 aromatic heterocycles. The second kappa shape index (κ2) is 8.95. The van der Waals surface area contributed by atoms with Gasteiger partial charge in [-0.3, -0.25) is 20.2 Å². The molecule has 1 aliphatic rings. The molecule has 1 heterocycles. The van der Waals surface area contributed by atoms with Crippen molar-refractivity contribution in [3.8, 4) is 0 Å². The molecule has 0 bridgehead atoms. The van der Waals surface area contributed by atoms with Crippen LogP contribution in [0.3, 0.4) is 0 Å². The van der Waals surface area contributed by atoms with Crippen molar-refractivity contribution in [2.24, 2.45) is 5.41 Å². The minimum atomic E-state index is -4.46. The molecule has 34 heavy (non-hydrogen) atoms. The van der Waals surface area contributed by atoms with Crippen LogP contribution in [0.25, 0.3) is 0 Å². The maximum Gasteiger partial charge on any atom is 0.387 e. The molecule has 1 fully saturated rings. The number of carbonyl (C=O) groups excluding carboxylic acids is 1. The standard InChI is InChI=1S/C22H23N3O8S/c1-4-21(3)15-23(34(31,32)18-13-11-17(12-14-18)24(27)28)19(16-9-7-6-8-10-16)22(21,25(29)30)20(26)33-5-2/h4,6-14,19H,1,5,15H2,2-3H3/t19-,21+,22+/m0/s1. The van der Waals surface area contributed by atoms with Gasteiger partial charge in [0.05, 0.1) is 21.8 Å². The Morgan fingerprint density at radius 3 is 2.24 bits per heavy atom. The Bertz CT molecular complexity index is 1230. The number of esters is 1. The Labute approximate surface area is 196 Å². The molecular weight excluding hydrogens is 466 g/mol. The molecule has 0 radical (unpaired) electrons. The van der Waals surface area contributed by atoms with E-state index in [1.165, 1.54) is 32.1 Å². The molecule has 0 saturated carbocycles. The van der Waals surface area contributed by atoms with Crippen molar-refractivity contribution in [1.29, 1.82) is 0 Å². The average molecular weight is 490 g/mol. The Hall–Kier alpha value is -3.64. The molecule has 1 aliphatic heterocycles. The number of nitro benzene ring substituents is 1. The Balaban J connectivity index is 2.32. The highest BCUT2D eigenvalue weighted by Crippen LogP contribution is 2.56. The first kappa shape index (κ1) is 25.0. The number of hydrogen-bond acceptors (Lipinski definition) is 8. The summed E-state index contributed by atoms with van der Waals surface area (Å²) < 4.78 is 33.5. The maximum atomic E-state index is 13.7. The van der Waals surface area contributed by atoms with Crippen LogP contribution in [-0.4, -0.2) is 47.2 Å². The van der Waals surface area contributed by atoms with Crippen LogP contribution in [0, 0.1) is 25.6 Å². The lowest BCUT2D eigenvalue weighted by molar-refractivity contribution is -0.572. The molecule has 0 amide bonds. The van der Waals surface area contributed by atoms with Crippen LogP contribution >= 0.6 is 0 Å². The van der Waals surface area contributed by atoms with E-state index in [1.807, 2.05) is 0 Å². The van der Waals surface area contributed by atoms with E-state index < -0.39 is 49.4 Å². The summed E-state index contributed by atoms with van der Waals surface area (Å²) in [6.07, 6.45) is 1.20. The summed E-state index contributed by atoms with van der Waals surface area (Å²) in [5.74, 6) is -1.18. The zero-order chi connectivity index (χ0) is 25.3. The van der Waals surface area contributed by atoms with Crippen LogP contribution in [0.4, 0.5) is 5.69 Å². The van der Waals surface area contributed by atoms with E-state index in [9.17, 15) is 33.4 Å². The smallest absolute Gasteiger partial charge is 0.387 e. The number of ether oxygens (including phenoxy) is 1. The predicted molar refractivity (Wildman–Crippen MR) is 121 cm³/mol. The van der Waals surface area contributed by atoms with Crippen molar-refractivity contribution in [1.82, 2.24) is 4.31 Å². The van der Waals surface area contributed by atoms with E-state index in [2.05, 4.69) is 6.58 Å². The summed E-state index contributed by atoms with van der Waals surface area (Å²) in [6.45, 7) is 5.96. The number of benzene rings is 2. The molecule has 2 aromatic rings. The first-order valence-corrected chi connectivity index (χ1v) is 11.7. The summed E-state index contributed by atoms with van der Waals surface area (Å²) in [7, 11) is -4.46. The van der Waals surface area contributed by atoms with Crippen molar-refractivity contribution >= 4 is 21.7 Å². The van der Waals surface area contributed by atoms with Gasteiger partial charge in [-0.05, 0) is 31.5 Å². The van der Waals surface area contributed by atoms with Crippen LogP contribution in [0.1, 0.15) is 25.5 Å². The lowest BCUT2D eigenvalue weighted by Crippen LogP contribution is -2.59. The van der Waals surface area contributed by atoms with Gasteiger partial charge < -0.3 is 4.74 Å². The van der Waals surface area contributed by atoms with Crippen LogP contribution < -0.4 is 0 Å². The van der Waals surface area contributed by atoms with Crippen molar-refractivity contribution < 1.29 is 27.8 Å². The third kappa shape index (κ3) is 3.64. The molecule has 0 spiro atoms. The number of non-ortho nitro benzene ring substituents is 1. The van der Waals surface area contributed by atoms with Gasteiger partial charge in [-0.1, -0.05) is 36.4 Å². The van der Waals surface area contributed by atoms with Gasteiger partial charge in [0.1, 0.15) is 6.04 Å². The van der Waals surface area contributed by atoms with Gasteiger partial charge >= 0.3 is 11.5 Å². The molecule has 3 rings (SSSR count). The molecule has 12 heteroatoms. The van der Waals surface area contributed by atoms with E-state index >= 15 is 0 Å². The van der Waals surface area contributed by atoms with E-state index in [-0.39, 0.29) is 22.8 Å². The zero-order valence-electron chi connectivity index (χ0n) is 18.5. The largest absolute Gasteiger partial charge is 0.461 e. The van der Waals surface area contributed by atoms with E-state index in [0.29, 0.717) is 0 Å². The summed E-state index contributed by atoms with van der Waals surface area (Å²) in [4.78, 5) is 35.2. The van der Waals surface area contributed by atoms with Gasteiger partial charge in [-0.15, -0.1) is 6.58 Å². The van der Waals surface area contributed by atoms with Gasteiger partial charge in [-0.25, -0.2) is 13.2 Å². The molecule has 0 N–H and O–H groups in total. The van der Waals surface area contributed by atoms with Gasteiger partial charge in [0.15, 0.2) is 0 Å². The van der Waals surface area contributed by atoms with Gasteiger partial charge in [0.25, 0.3) is 5.69 Å². The van der Waals surface area contributed by atoms with Crippen LogP contribution in [0.5, 0.6) is 0 Å². The normalized spacial score (nSPS) is 24.9.